The second kappa shape index (κ2) is 66.3. The van der Waals surface area contributed by atoms with E-state index in [0.29, 0.717) is 31.6 Å². The van der Waals surface area contributed by atoms with Gasteiger partial charge in [-0.2, -0.15) is 0 Å². The topological polar surface area (TPSA) is 237 Å². The predicted octanol–water partition coefficient (Wildman–Crippen LogP) is 22.4. The lowest BCUT2D eigenvalue weighted by Crippen LogP contribution is -2.30. The van der Waals surface area contributed by atoms with Gasteiger partial charge in [0.25, 0.3) is 0 Å². The molecule has 0 aromatic carbocycles. The smallest absolute Gasteiger partial charge is 0.462 e. The van der Waals surface area contributed by atoms with E-state index in [1.807, 2.05) is 0 Å². The molecular weight excluding hydrogens is 1260 g/mol. The van der Waals surface area contributed by atoms with Crippen molar-refractivity contribution < 1.29 is 80.2 Å². The zero-order valence-corrected chi connectivity index (χ0v) is 64.8. The molecule has 0 rings (SSSR count). The number of unbranched alkanes of at least 4 members (excludes halogenated alkanes) is 40. The minimum Gasteiger partial charge on any atom is -0.462 e. The summed E-state index contributed by atoms with van der Waals surface area (Å²) in [5.74, 6) is 0.887. The zero-order valence-electron chi connectivity index (χ0n) is 63.0. The van der Waals surface area contributed by atoms with Crippen LogP contribution in [0.2, 0.25) is 0 Å². The largest absolute Gasteiger partial charge is 0.472 e. The number of carbonyl (C=O) groups is 4. The van der Waals surface area contributed by atoms with Crippen LogP contribution >= 0.6 is 15.6 Å². The molecule has 0 saturated heterocycles. The van der Waals surface area contributed by atoms with E-state index in [1.165, 1.54) is 193 Å². The number of aliphatic hydroxyl groups is 1. The van der Waals surface area contributed by atoms with Crippen molar-refractivity contribution in [3.8, 4) is 0 Å². The maximum atomic E-state index is 13.1. The third-order valence-corrected chi connectivity index (χ3v) is 19.7. The highest BCUT2D eigenvalue weighted by Gasteiger charge is 2.30. The lowest BCUT2D eigenvalue weighted by Gasteiger charge is -2.21. The summed E-state index contributed by atoms with van der Waals surface area (Å²) >= 11 is 0. The Kier molecular flexibility index (Phi) is 65.0. The number of hydrogen-bond donors (Lipinski definition) is 3. The van der Waals surface area contributed by atoms with Crippen molar-refractivity contribution >= 4 is 39.5 Å². The van der Waals surface area contributed by atoms with Gasteiger partial charge in [0.05, 0.1) is 26.4 Å². The van der Waals surface area contributed by atoms with Gasteiger partial charge >= 0.3 is 39.5 Å². The van der Waals surface area contributed by atoms with Crippen molar-refractivity contribution in [3.63, 3.8) is 0 Å². The fourth-order valence-electron chi connectivity index (χ4n) is 11.7. The Bertz CT molecular complexity index is 1880. The predicted molar refractivity (Wildman–Crippen MR) is 391 cm³/mol. The number of aliphatic hydroxyl groups excluding tert-OH is 1. The van der Waals surface area contributed by atoms with Crippen LogP contribution < -0.4 is 0 Å². The molecule has 0 aliphatic carbocycles. The minimum atomic E-state index is -4.96. The summed E-state index contributed by atoms with van der Waals surface area (Å²) in [6, 6.07) is 0. The van der Waals surface area contributed by atoms with Crippen LogP contribution in [0.3, 0.4) is 0 Å². The van der Waals surface area contributed by atoms with Crippen molar-refractivity contribution in [2.45, 2.75) is 408 Å². The van der Waals surface area contributed by atoms with Crippen LogP contribution in [0.15, 0.2) is 0 Å². The number of hydrogen-bond acceptors (Lipinski definition) is 15. The Morgan fingerprint density at radius 1 is 0.260 bits per heavy atom. The number of rotatable bonds is 74. The van der Waals surface area contributed by atoms with E-state index in [-0.39, 0.29) is 25.7 Å². The highest BCUT2D eigenvalue weighted by atomic mass is 31.2. The molecule has 3 N–H and O–H groups in total. The summed E-state index contributed by atoms with van der Waals surface area (Å²) in [5, 5.41) is 10.6. The summed E-state index contributed by atoms with van der Waals surface area (Å²) in [6.45, 7) is 14.1. The second-order valence-corrected chi connectivity index (χ2v) is 32.6. The van der Waals surface area contributed by atoms with E-state index in [0.717, 1.165) is 108 Å². The van der Waals surface area contributed by atoms with Gasteiger partial charge in [0, 0.05) is 25.7 Å². The SMILES string of the molecule is CC(C)CCCCCCCCCCCCCCCCCCCCC(=O)OC[C@H](COP(=O)(O)OCC(O)COP(=O)(O)OC[C@@H](COC(=O)CCCCCCCCCCC(C)C)OC(=O)CCCCCCCCCC(C)C)OC(=O)CCCCCCCCCCCCCC(C)C. The molecule has 0 aliphatic rings. The zero-order chi connectivity index (χ0) is 71.0. The lowest BCUT2D eigenvalue weighted by atomic mass is 10.0. The van der Waals surface area contributed by atoms with Crippen molar-refractivity contribution in [2.24, 2.45) is 23.7 Å². The number of ether oxygens (including phenoxy) is 4. The quantitative estimate of drug-likeness (QED) is 0.0222. The van der Waals surface area contributed by atoms with E-state index in [1.54, 1.807) is 0 Å². The molecule has 0 aliphatic heterocycles. The molecule has 3 unspecified atom stereocenters. The molecule has 0 heterocycles. The van der Waals surface area contributed by atoms with Crippen molar-refractivity contribution in [1.29, 1.82) is 0 Å². The normalized spacial score (nSPS) is 14.1. The van der Waals surface area contributed by atoms with Gasteiger partial charge in [-0.25, -0.2) is 9.13 Å². The van der Waals surface area contributed by atoms with Crippen molar-refractivity contribution in [1.82, 2.24) is 0 Å². The molecule has 0 saturated carbocycles. The van der Waals surface area contributed by atoms with Crippen molar-refractivity contribution in [3.05, 3.63) is 0 Å². The monoisotopic (exact) mass is 1410 g/mol. The first-order valence-corrected chi connectivity index (χ1v) is 42.7. The summed E-state index contributed by atoms with van der Waals surface area (Å²) in [7, 11) is -9.91. The average molecular weight is 1410 g/mol. The highest BCUT2D eigenvalue weighted by Crippen LogP contribution is 2.45. The lowest BCUT2D eigenvalue weighted by molar-refractivity contribution is -0.161. The Morgan fingerprint density at radius 2 is 0.438 bits per heavy atom. The fraction of sp³-hybridized carbons (Fsp3) is 0.948. The molecular formula is C77H150O17P2. The molecule has 5 atom stereocenters. The second-order valence-electron chi connectivity index (χ2n) is 29.7. The molecule has 0 fully saturated rings. The van der Waals surface area contributed by atoms with E-state index < -0.39 is 97.5 Å². The molecule has 0 amide bonds. The van der Waals surface area contributed by atoms with Gasteiger partial charge in [0.15, 0.2) is 12.2 Å². The van der Waals surface area contributed by atoms with Crippen LogP contribution in [0.25, 0.3) is 0 Å². The van der Waals surface area contributed by atoms with Gasteiger partial charge in [-0.05, 0) is 49.4 Å². The number of phosphoric ester groups is 2. The van der Waals surface area contributed by atoms with Gasteiger partial charge in [-0.1, -0.05) is 338 Å². The van der Waals surface area contributed by atoms with Crippen LogP contribution in [-0.4, -0.2) is 96.7 Å². The van der Waals surface area contributed by atoms with Crippen LogP contribution in [0.1, 0.15) is 389 Å². The van der Waals surface area contributed by atoms with Gasteiger partial charge in [-0.3, -0.25) is 37.3 Å². The van der Waals surface area contributed by atoms with E-state index in [4.69, 9.17) is 37.0 Å². The molecule has 96 heavy (non-hydrogen) atoms. The van der Waals surface area contributed by atoms with Gasteiger partial charge < -0.3 is 33.8 Å². The summed E-state index contributed by atoms with van der Waals surface area (Å²) < 4.78 is 68.5. The molecule has 0 spiro atoms. The maximum Gasteiger partial charge on any atom is 0.472 e. The first-order chi connectivity index (χ1) is 46.1. The van der Waals surface area contributed by atoms with E-state index in [9.17, 15) is 43.2 Å². The van der Waals surface area contributed by atoms with Crippen LogP contribution in [0, 0.1) is 23.7 Å². The third-order valence-electron chi connectivity index (χ3n) is 17.8. The van der Waals surface area contributed by atoms with E-state index in [2.05, 4.69) is 55.4 Å². The fourth-order valence-corrected chi connectivity index (χ4v) is 13.3. The minimum absolute atomic E-state index is 0.103. The van der Waals surface area contributed by atoms with Crippen LogP contribution in [0.5, 0.6) is 0 Å². The molecule has 570 valence electrons. The molecule has 0 radical (unpaired) electrons. The number of carbonyl (C=O) groups excluding carboxylic acids is 4. The molecule has 0 aromatic heterocycles. The maximum absolute atomic E-state index is 13.1. The van der Waals surface area contributed by atoms with Crippen LogP contribution in [-0.2, 0) is 65.4 Å². The van der Waals surface area contributed by atoms with Gasteiger partial charge in [0.1, 0.15) is 19.3 Å². The molecule has 19 heteroatoms. The standard InChI is InChI=1S/C77H150O17P2/c1-67(2)53-45-37-29-22-18-15-13-11-9-10-12-14-16-20-24-33-41-49-57-74(79)87-63-72(93-76(81)59-51-43-35-25-21-17-19-23-30-38-46-54-68(3)4)65-91-95(83,84)89-61-71(78)62-90-96(85,86)92-66-73(94-77(82)60-52-44-36-28-32-40-48-56-70(7)8)64-88-75(80)58-50-42-34-27-26-31-39-47-55-69(5)6/h67-73,78H,9-66H2,1-8H3,(H,83,84)(H,85,86)/t71?,72-,73-/m1/s1. The van der Waals surface area contributed by atoms with Crippen LogP contribution in [0.4, 0.5) is 0 Å². The van der Waals surface area contributed by atoms with E-state index >= 15 is 0 Å². The molecule has 0 bridgehead atoms. The summed E-state index contributed by atoms with van der Waals surface area (Å²) in [5.41, 5.74) is 0. The Labute approximate surface area is 588 Å². The van der Waals surface area contributed by atoms with Gasteiger partial charge in [0.2, 0.25) is 0 Å². The van der Waals surface area contributed by atoms with Crippen molar-refractivity contribution in [2.75, 3.05) is 39.6 Å². The average Bonchev–Trinajstić information content (AvgIpc) is 1.35. The number of phosphoric acid groups is 2. The Balaban J connectivity index is 5.18. The van der Waals surface area contributed by atoms with Gasteiger partial charge in [-0.15, -0.1) is 0 Å². The molecule has 17 nitrogen and oxygen atoms in total. The summed E-state index contributed by atoms with van der Waals surface area (Å²) in [6.07, 6.45) is 51.6. The first kappa shape index (κ1) is 94.1. The first-order valence-electron chi connectivity index (χ1n) is 39.7. The Morgan fingerprint density at radius 3 is 0.646 bits per heavy atom. The summed E-state index contributed by atoms with van der Waals surface area (Å²) in [4.78, 5) is 72.8. The Hall–Kier alpha value is -1.94. The molecule has 0 aromatic rings. The third kappa shape index (κ3) is 70.5. The number of esters is 4. The highest BCUT2D eigenvalue weighted by molar-refractivity contribution is 7.47.